The van der Waals surface area contributed by atoms with Gasteiger partial charge >= 0.3 is 0 Å². The molecule has 0 aliphatic carbocycles. The Hall–Kier alpha value is -1.92. The number of guanidine groups is 1. The summed E-state index contributed by atoms with van der Waals surface area (Å²) >= 11 is 1.80. The number of hydrogen-bond donors (Lipinski definition) is 2. The molecule has 1 saturated heterocycles. The second kappa shape index (κ2) is 10.0. The molecule has 3 rings (SSSR count). The zero-order chi connectivity index (χ0) is 19.8. The van der Waals surface area contributed by atoms with Crippen LogP contribution in [0.1, 0.15) is 30.2 Å². The summed E-state index contributed by atoms with van der Waals surface area (Å²) in [6, 6.07) is 11.3. The monoisotopic (exact) mass is 403 g/mol. The molecule has 1 aliphatic rings. The van der Waals surface area contributed by atoms with Gasteiger partial charge in [0.15, 0.2) is 5.96 Å². The minimum Gasteiger partial charge on any atom is -0.381 e. The van der Waals surface area contributed by atoms with Crippen LogP contribution in [-0.2, 0) is 16.6 Å². The van der Waals surface area contributed by atoms with Gasteiger partial charge in [0.05, 0.1) is 0 Å². The van der Waals surface area contributed by atoms with Crippen LogP contribution in [0.15, 0.2) is 46.8 Å². The molecule has 1 aliphatic heterocycles. The predicted molar refractivity (Wildman–Crippen MR) is 115 cm³/mol. The number of hydrogen-bond acceptors (Lipinski definition) is 3. The van der Waals surface area contributed by atoms with Crippen molar-refractivity contribution in [1.82, 2.24) is 10.6 Å². The first-order valence-electron chi connectivity index (χ1n) is 9.92. The van der Waals surface area contributed by atoms with Crippen molar-refractivity contribution in [3.05, 3.63) is 58.0 Å². The van der Waals surface area contributed by atoms with E-state index in [9.17, 15) is 4.39 Å². The number of thiophene rings is 1. The summed E-state index contributed by atoms with van der Waals surface area (Å²) < 4.78 is 19.4. The van der Waals surface area contributed by atoms with Crippen LogP contribution in [0.2, 0.25) is 0 Å². The molecule has 1 unspecified atom stereocenters. The topological polar surface area (TPSA) is 45.7 Å². The lowest BCUT2D eigenvalue weighted by Gasteiger charge is -2.38. The highest BCUT2D eigenvalue weighted by atomic mass is 32.1. The molecule has 152 valence electrons. The third-order valence-corrected chi connectivity index (χ3v) is 6.35. The van der Waals surface area contributed by atoms with Crippen molar-refractivity contribution in [2.75, 3.05) is 33.4 Å². The summed E-state index contributed by atoms with van der Waals surface area (Å²) in [4.78, 5) is 5.78. The highest BCUT2D eigenvalue weighted by molar-refractivity contribution is 7.09. The third-order valence-electron chi connectivity index (χ3n) is 5.45. The van der Waals surface area contributed by atoms with Gasteiger partial charge in [-0.05, 0) is 54.3 Å². The number of aliphatic imine (C=N–C) groups is 1. The number of rotatable bonds is 7. The van der Waals surface area contributed by atoms with E-state index in [1.807, 2.05) is 6.07 Å². The van der Waals surface area contributed by atoms with Gasteiger partial charge in [0.1, 0.15) is 5.82 Å². The van der Waals surface area contributed by atoms with Crippen LogP contribution in [-0.4, -0.2) is 39.3 Å². The highest BCUT2D eigenvalue weighted by Crippen LogP contribution is 2.34. The van der Waals surface area contributed by atoms with Gasteiger partial charge in [0.2, 0.25) is 0 Å². The molecule has 2 heterocycles. The van der Waals surface area contributed by atoms with E-state index in [4.69, 9.17) is 4.74 Å². The molecular formula is C22H30FN3OS. The fourth-order valence-electron chi connectivity index (χ4n) is 3.74. The van der Waals surface area contributed by atoms with Crippen molar-refractivity contribution < 1.29 is 9.13 Å². The van der Waals surface area contributed by atoms with Gasteiger partial charge in [0, 0.05) is 43.6 Å². The van der Waals surface area contributed by atoms with Crippen LogP contribution in [0, 0.1) is 11.7 Å². The van der Waals surface area contributed by atoms with Gasteiger partial charge in [-0.3, -0.25) is 4.99 Å². The summed E-state index contributed by atoms with van der Waals surface area (Å²) in [7, 11) is 1.79. The molecule has 2 aromatic rings. The first-order chi connectivity index (χ1) is 13.6. The van der Waals surface area contributed by atoms with Crippen LogP contribution >= 0.6 is 11.3 Å². The van der Waals surface area contributed by atoms with E-state index in [0.29, 0.717) is 25.7 Å². The maximum absolute atomic E-state index is 13.8. The average molecular weight is 404 g/mol. The standard InChI is InChI=1S/C22H30FN3OS/c1-17(13-20-7-4-12-28-20)15-25-21(24-2)26-16-22(8-10-27-11-9-22)18-5-3-6-19(23)14-18/h3-7,12,14,17H,8-11,13,15-16H2,1-2H3,(H2,24,25,26). The van der Waals surface area contributed by atoms with Crippen LogP contribution in [0.25, 0.3) is 0 Å². The third kappa shape index (κ3) is 5.55. The summed E-state index contributed by atoms with van der Waals surface area (Å²) in [5, 5.41) is 9.04. The van der Waals surface area contributed by atoms with Crippen molar-refractivity contribution >= 4 is 17.3 Å². The van der Waals surface area contributed by atoms with Crippen LogP contribution in [0.5, 0.6) is 0 Å². The Balaban J connectivity index is 1.58. The van der Waals surface area contributed by atoms with E-state index in [0.717, 1.165) is 37.3 Å². The zero-order valence-corrected chi connectivity index (χ0v) is 17.5. The molecule has 2 N–H and O–H groups in total. The zero-order valence-electron chi connectivity index (χ0n) is 16.7. The summed E-state index contributed by atoms with van der Waals surface area (Å²) in [6.45, 7) is 5.20. The van der Waals surface area contributed by atoms with Crippen molar-refractivity contribution in [2.24, 2.45) is 10.9 Å². The molecule has 1 aromatic carbocycles. The Bertz CT molecular complexity index is 757. The number of halogens is 1. The lowest BCUT2D eigenvalue weighted by Crippen LogP contribution is -2.48. The molecule has 0 radical (unpaired) electrons. The molecule has 0 amide bonds. The van der Waals surface area contributed by atoms with E-state index in [2.05, 4.69) is 40.1 Å². The van der Waals surface area contributed by atoms with Gasteiger partial charge in [0.25, 0.3) is 0 Å². The molecule has 0 spiro atoms. The Labute approximate surface area is 171 Å². The largest absolute Gasteiger partial charge is 0.381 e. The molecule has 0 bridgehead atoms. The van der Waals surface area contributed by atoms with Crippen molar-refractivity contribution in [1.29, 1.82) is 0 Å². The van der Waals surface area contributed by atoms with E-state index in [1.54, 1.807) is 30.5 Å². The molecule has 1 fully saturated rings. The smallest absolute Gasteiger partial charge is 0.191 e. The van der Waals surface area contributed by atoms with Crippen molar-refractivity contribution in [3.63, 3.8) is 0 Å². The minimum atomic E-state index is -0.187. The van der Waals surface area contributed by atoms with E-state index in [1.165, 1.54) is 10.9 Å². The fourth-order valence-corrected chi connectivity index (χ4v) is 4.61. The second-order valence-corrected chi connectivity index (χ2v) is 8.63. The first-order valence-corrected chi connectivity index (χ1v) is 10.8. The second-order valence-electron chi connectivity index (χ2n) is 7.60. The summed E-state index contributed by atoms with van der Waals surface area (Å²) in [5.74, 6) is 1.12. The van der Waals surface area contributed by atoms with Gasteiger partial charge in [-0.2, -0.15) is 0 Å². The van der Waals surface area contributed by atoms with Gasteiger partial charge in [-0.15, -0.1) is 11.3 Å². The number of nitrogens with zero attached hydrogens (tertiary/aromatic N) is 1. The normalized spacial score (nSPS) is 17.9. The lowest BCUT2D eigenvalue weighted by molar-refractivity contribution is 0.0513. The Morgan fingerprint density at radius 2 is 2.07 bits per heavy atom. The van der Waals surface area contributed by atoms with Gasteiger partial charge in [-0.1, -0.05) is 25.1 Å². The first kappa shape index (κ1) is 20.8. The number of ether oxygens (including phenoxy) is 1. The minimum absolute atomic E-state index is 0.138. The maximum atomic E-state index is 13.8. The summed E-state index contributed by atoms with van der Waals surface area (Å²) in [6.07, 6.45) is 2.80. The number of benzene rings is 1. The van der Waals surface area contributed by atoms with Crippen molar-refractivity contribution in [2.45, 2.75) is 31.6 Å². The van der Waals surface area contributed by atoms with Crippen LogP contribution < -0.4 is 10.6 Å². The SMILES string of the molecule is CN=C(NCC(C)Cc1cccs1)NCC1(c2cccc(F)c2)CCOCC1. The molecule has 1 aromatic heterocycles. The quantitative estimate of drug-likeness (QED) is 0.543. The van der Waals surface area contributed by atoms with Crippen LogP contribution in [0.3, 0.4) is 0 Å². The molecule has 0 saturated carbocycles. The molecule has 4 nitrogen and oxygen atoms in total. The average Bonchev–Trinajstić information content (AvgIpc) is 3.22. The maximum Gasteiger partial charge on any atom is 0.191 e. The molecule has 1 atom stereocenters. The highest BCUT2D eigenvalue weighted by Gasteiger charge is 2.35. The Morgan fingerprint density at radius 3 is 2.75 bits per heavy atom. The molecule has 28 heavy (non-hydrogen) atoms. The molecule has 6 heteroatoms. The Kier molecular flexibility index (Phi) is 7.45. The lowest BCUT2D eigenvalue weighted by atomic mass is 9.74. The van der Waals surface area contributed by atoms with Crippen LogP contribution in [0.4, 0.5) is 4.39 Å². The number of nitrogens with one attached hydrogen (secondary N) is 2. The van der Waals surface area contributed by atoms with Gasteiger partial charge < -0.3 is 15.4 Å². The van der Waals surface area contributed by atoms with E-state index in [-0.39, 0.29) is 11.2 Å². The molecular weight excluding hydrogens is 373 g/mol. The van der Waals surface area contributed by atoms with Gasteiger partial charge in [-0.25, -0.2) is 4.39 Å². The van der Waals surface area contributed by atoms with E-state index >= 15 is 0 Å². The van der Waals surface area contributed by atoms with Crippen molar-refractivity contribution in [3.8, 4) is 0 Å². The fraction of sp³-hybridized carbons (Fsp3) is 0.500. The Morgan fingerprint density at radius 1 is 1.25 bits per heavy atom. The predicted octanol–water partition coefficient (Wildman–Crippen LogP) is 3.98. The van der Waals surface area contributed by atoms with E-state index < -0.39 is 0 Å². The summed E-state index contributed by atoms with van der Waals surface area (Å²) in [5.41, 5.74) is 0.894.